The summed E-state index contributed by atoms with van der Waals surface area (Å²) in [6, 6.07) is 0. The van der Waals surface area contributed by atoms with Crippen LogP contribution in [0.1, 0.15) is 33.1 Å². The predicted octanol–water partition coefficient (Wildman–Crippen LogP) is 1.98. The molecule has 26 heavy (non-hydrogen) atoms. The van der Waals surface area contributed by atoms with Gasteiger partial charge in [-0.05, 0) is 38.8 Å². The fraction of sp³-hybridized carbons (Fsp3) is 0.500. The first-order valence-electron chi connectivity index (χ1n) is 8.71. The van der Waals surface area contributed by atoms with E-state index in [2.05, 4.69) is 12.7 Å². The smallest absolute Gasteiger partial charge is 0.336 e. The summed E-state index contributed by atoms with van der Waals surface area (Å²) in [4.78, 5) is 24.4. The molecule has 0 saturated carbocycles. The molecule has 1 saturated heterocycles. The zero-order valence-corrected chi connectivity index (χ0v) is 15.2. The molecule has 1 aliphatic heterocycles. The molecular weight excluding hydrogens is 336 g/mol. The Balaban J connectivity index is 2.36. The van der Waals surface area contributed by atoms with Gasteiger partial charge in [-0.3, -0.25) is 0 Å². The SMILES string of the molecule is C=C1C(=O)O[C@@H]2/C=C(/C)CC/C=C(\C)C[C@@H](OC(=O)/C(=C\CO)CO)[C@@H]12. The number of rotatable bonds is 4. The van der Waals surface area contributed by atoms with E-state index < -0.39 is 36.7 Å². The van der Waals surface area contributed by atoms with Gasteiger partial charge in [0.1, 0.15) is 12.2 Å². The molecule has 0 amide bonds. The molecule has 1 heterocycles. The maximum absolute atomic E-state index is 12.4. The van der Waals surface area contributed by atoms with Gasteiger partial charge < -0.3 is 19.7 Å². The van der Waals surface area contributed by atoms with Crippen molar-refractivity contribution in [1.82, 2.24) is 0 Å². The van der Waals surface area contributed by atoms with Crippen molar-refractivity contribution < 1.29 is 29.3 Å². The van der Waals surface area contributed by atoms with Crippen molar-refractivity contribution in [3.05, 3.63) is 47.1 Å². The van der Waals surface area contributed by atoms with Gasteiger partial charge in [-0.25, -0.2) is 9.59 Å². The Morgan fingerprint density at radius 3 is 2.77 bits per heavy atom. The van der Waals surface area contributed by atoms with E-state index in [1.165, 1.54) is 6.08 Å². The summed E-state index contributed by atoms with van der Waals surface area (Å²) < 4.78 is 11.1. The Morgan fingerprint density at radius 1 is 1.38 bits per heavy atom. The van der Waals surface area contributed by atoms with Crippen LogP contribution < -0.4 is 0 Å². The summed E-state index contributed by atoms with van der Waals surface area (Å²) in [5.74, 6) is -1.70. The highest BCUT2D eigenvalue weighted by Crippen LogP contribution is 2.36. The number of aliphatic hydroxyl groups is 2. The van der Waals surface area contributed by atoms with Gasteiger partial charge in [0.15, 0.2) is 0 Å². The van der Waals surface area contributed by atoms with Gasteiger partial charge in [-0.1, -0.05) is 23.8 Å². The van der Waals surface area contributed by atoms with Crippen molar-refractivity contribution in [2.45, 2.75) is 45.3 Å². The highest BCUT2D eigenvalue weighted by Gasteiger charge is 2.44. The van der Waals surface area contributed by atoms with Gasteiger partial charge in [0, 0.05) is 12.0 Å². The number of allylic oxidation sites excluding steroid dienone is 2. The van der Waals surface area contributed by atoms with Crippen LogP contribution >= 0.6 is 0 Å². The van der Waals surface area contributed by atoms with E-state index in [1.54, 1.807) is 0 Å². The van der Waals surface area contributed by atoms with E-state index in [0.29, 0.717) is 6.42 Å². The van der Waals surface area contributed by atoms with Crippen LogP contribution in [0.4, 0.5) is 0 Å². The molecule has 0 unspecified atom stereocenters. The minimum atomic E-state index is -0.719. The lowest BCUT2D eigenvalue weighted by Gasteiger charge is -2.27. The first-order chi connectivity index (χ1) is 12.4. The summed E-state index contributed by atoms with van der Waals surface area (Å²) in [7, 11) is 0. The lowest BCUT2D eigenvalue weighted by molar-refractivity contribution is -0.147. The maximum atomic E-state index is 12.4. The first kappa shape index (κ1) is 20.1. The second kappa shape index (κ2) is 8.96. The third-order valence-electron chi connectivity index (χ3n) is 4.69. The van der Waals surface area contributed by atoms with Crippen LogP contribution in [0.2, 0.25) is 0 Å². The van der Waals surface area contributed by atoms with Gasteiger partial charge in [0.2, 0.25) is 0 Å². The third kappa shape index (κ3) is 4.71. The highest BCUT2D eigenvalue weighted by atomic mass is 16.6. The molecule has 3 atom stereocenters. The molecule has 1 aliphatic carbocycles. The second-order valence-corrected chi connectivity index (χ2v) is 6.74. The van der Waals surface area contributed by atoms with Crippen molar-refractivity contribution in [1.29, 1.82) is 0 Å². The normalized spacial score (nSPS) is 31.2. The van der Waals surface area contributed by atoms with Gasteiger partial charge in [0.25, 0.3) is 0 Å². The number of ether oxygens (including phenoxy) is 2. The fourth-order valence-electron chi connectivity index (χ4n) is 3.27. The Hall–Kier alpha value is -2.18. The molecule has 0 aromatic heterocycles. The number of aliphatic hydroxyl groups excluding tert-OH is 2. The average molecular weight is 362 g/mol. The Morgan fingerprint density at radius 2 is 2.12 bits per heavy atom. The van der Waals surface area contributed by atoms with E-state index in [4.69, 9.17) is 14.6 Å². The number of hydrogen-bond donors (Lipinski definition) is 2. The Labute approximate surface area is 153 Å². The minimum Gasteiger partial charge on any atom is -0.458 e. The average Bonchev–Trinajstić information content (AvgIpc) is 2.85. The molecule has 0 aromatic carbocycles. The lowest BCUT2D eigenvalue weighted by Crippen LogP contribution is -2.34. The van der Waals surface area contributed by atoms with E-state index in [1.807, 2.05) is 19.9 Å². The molecule has 2 rings (SSSR count). The van der Waals surface area contributed by atoms with Crippen molar-refractivity contribution in [3.8, 4) is 0 Å². The molecule has 0 spiro atoms. The molecule has 1 fully saturated rings. The maximum Gasteiger partial charge on any atom is 0.336 e. The summed E-state index contributed by atoms with van der Waals surface area (Å²) in [5.41, 5.74) is 2.39. The minimum absolute atomic E-state index is 0.0228. The molecule has 6 heteroatoms. The standard InChI is InChI=1S/C20H26O6/c1-12-5-4-6-13(2)10-17(26-20(24)15(11-22)7-8-21)18-14(3)19(23)25-16(18)9-12/h6-7,9,16-18,21-22H,3-5,8,10-11H2,1-2H3/b12-9-,13-6+,15-7-/t16-,17-,18+/m1/s1. The quantitative estimate of drug-likeness (QED) is 0.451. The van der Waals surface area contributed by atoms with Crippen LogP contribution in [0.15, 0.2) is 47.1 Å². The van der Waals surface area contributed by atoms with E-state index >= 15 is 0 Å². The van der Waals surface area contributed by atoms with Gasteiger partial charge in [0.05, 0.1) is 24.7 Å². The highest BCUT2D eigenvalue weighted by molar-refractivity contribution is 5.92. The summed E-state index contributed by atoms with van der Waals surface area (Å²) in [6.07, 6.45) is 6.17. The Bertz CT molecular complexity index is 670. The van der Waals surface area contributed by atoms with Gasteiger partial charge in [-0.2, -0.15) is 0 Å². The largest absolute Gasteiger partial charge is 0.458 e. The fourth-order valence-corrected chi connectivity index (χ4v) is 3.27. The number of carbonyl (C=O) groups is 2. The van der Waals surface area contributed by atoms with Crippen LogP contribution in [0.25, 0.3) is 0 Å². The van der Waals surface area contributed by atoms with Crippen LogP contribution in [0, 0.1) is 5.92 Å². The Kier molecular flexibility index (Phi) is 6.94. The zero-order valence-electron chi connectivity index (χ0n) is 15.2. The van der Waals surface area contributed by atoms with Crippen molar-refractivity contribution >= 4 is 11.9 Å². The topological polar surface area (TPSA) is 93.1 Å². The molecule has 2 N–H and O–H groups in total. The number of carbonyl (C=O) groups excluding carboxylic acids is 2. The van der Waals surface area contributed by atoms with Gasteiger partial charge in [-0.15, -0.1) is 0 Å². The lowest BCUT2D eigenvalue weighted by atomic mass is 9.85. The van der Waals surface area contributed by atoms with Crippen molar-refractivity contribution in [2.75, 3.05) is 13.2 Å². The molecule has 2 aliphatic rings. The molecule has 0 aromatic rings. The molecule has 0 radical (unpaired) electrons. The number of hydrogen-bond acceptors (Lipinski definition) is 6. The number of esters is 2. The monoisotopic (exact) mass is 362 g/mol. The van der Waals surface area contributed by atoms with Crippen LogP contribution in [0.5, 0.6) is 0 Å². The number of fused-ring (bicyclic) bond motifs is 1. The van der Waals surface area contributed by atoms with E-state index in [9.17, 15) is 14.7 Å². The summed E-state index contributed by atoms with van der Waals surface area (Å²) in [5, 5.41) is 18.3. The predicted molar refractivity (Wildman–Crippen MR) is 96.0 cm³/mol. The first-order valence-corrected chi connectivity index (χ1v) is 8.71. The van der Waals surface area contributed by atoms with Crippen molar-refractivity contribution in [2.24, 2.45) is 5.92 Å². The molecular formula is C20H26O6. The summed E-state index contributed by atoms with van der Waals surface area (Å²) >= 11 is 0. The van der Waals surface area contributed by atoms with Gasteiger partial charge >= 0.3 is 11.9 Å². The molecule has 6 nitrogen and oxygen atoms in total. The van der Waals surface area contributed by atoms with E-state index in [0.717, 1.165) is 24.0 Å². The van der Waals surface area contributed by atoms with Crippen molar-refractivity contribution in [3.63, 3.8) is 0 Å². The third-order valence-corrected chi connectivity index (χ3v) is 4.69. The second-order valence-electron chi connectivity index (χ2n) is 6.74. The van der Waals surface area contributed by atoms with Crippen LogP contribution in [-0.4, -0.2) is 47.6 Å². The molecule has 142 valence electrons. The van der Waals surface area contributed by atoms with Crippen LogP contribution in [0.3, 0.4) is 0 Å². The zero-order chi connectivity index (χ0) is 19.3. The summed E-state index contributed by atoms with van der Waals surface area (Å²) in [6.45, 7) is 6.85. The van der Waals surface area contributed by atoms with E-state index in [-0.39, 0.29) is 17.8 Å². The molecule has 0 bridgehead atoms. The van der Waals surface area contributed by atoms with Crippen LogP contribution in [-0.2, 0) is 19.1 Å².